The number of rotatable bonds is 7. The van der Waals surface area contributed by atoms with Crippen LogP contribution in [0, 0.1) is 0 Å². The van der Waals surface area contributed by atoms with Crippen LogP contribution in [0.25, 0.3) is 93.5 Å². The molecule has 10 aromatic carbocycles. The van der Waals surface area contributed by atoms with Crippen LogP contribution in [0.1, 0.15) is 11.1 Å². The highest BCUT2D eigenvalue weighted by Gasteiger charge is 2.15. The summed E-state index contributed by atoms with van der Waals surface area (Å²) in [5.41, 5.74) is 15.4. The van der Waals surface area contributed by atoms with Crippen molar-refractivity contribution in [1.82, 2.24) is 4.57 Å². The number of benzene rings is 10. The highest BCUT2D eigenvalue weighted by molar-refractivity contribution is 6.31. The molecule has 0 aliphatic heterocycles. The number of halogens is 1. The zero-order valence-electron chi connectivity index (χ0n) is 32.3. The monoisotopic (exact) mass is 771 g/mol. The molecule has 0 saturated carbocycles. The molecule has 0 N–H and O–H groups in total. The van der Waals surface area contributed by atoms with Gasteiger partial charge in [-0.05, 0) is 150 Å². The summed E-state index contributed by atoms with van der Waals surface area (Å²) in [5, 5.41) is 8.32. The molecular weight excluding hydrogens is 734 g/mol. The number of fused-ring (bicyclic) bond motifs is 6. The van der Waals surface area contributed by atoms with E-state index in [4.69, 9.17) is 11.6 Å². The SMILES string of the molecule is Clc1cc(-c2cccc(-c3ccc4cc(Cc5ccccc5)c5ccccc5c4c3)c2)cc(-c2cccc(-c3ccc4c(c3)c3ccccc3n4-c3ccccc3)c2)c1. The van der Waals surface area contributed by atoms with Crippen molar-refractivity contribution in [1.29, 1.82) is 0 Å². The van der Waals surface area contributed by atoms with E-state index in [9.17, 15) is 0 Å². The summed E-state index contributed by atoms with van der Waals surface area (Å²) in [6.45, 7) is 0. The normalized spacial score (nSPS) is 11.5. The minimum absolute atomic E-state index is 0.715. The molecule has 0 amide bonds. The minimum atomic E-state index is 0.715. The van der Waals surface area contributed by atoms with E-state index in [-0.39, 0.29) is 0 Å². The number of para-hydroxylation sites is 2. The predicted octanol–water partition coefficient (Wildman–Crippen LogP) is 16.0. The van der Waals surface area contributed by atoms with Crippen molar-refractivity contribution in [2.24, 2.45) is 0 Å². The third kappa shape index (κ3) is 6.47. The molecule has 0 spiro atoms. The molecule has 59 heavy (non-hydrogen) atoms. The molecule has 1 aromatic heterocycles. The Morgan fingerprint density at radius 1 is 0.322 bits per heavy atom. The molecule has 0 atom stereocenters. The lowest BCUT2D eigenvalue weighted by Crippen LogP contribution is -1.92. The van der Waals surface area contributed by atoms with E-state index in [0.717, 1.165) is 34.4 Å². The highest BCUT2D eigenvalue weighted by atomic mass is 35.5. The average molecular weight is 772 g/mol. The van der Waals surface area contributed by atoms with E-state index in [1.54, 1.807) is 0 Å². The second-order valence-corrected chi connectivity index (χ2v) is 15.9. The van der Waals surface area contributed by atoms with Crippen LogP contribution >= 0.6 is 11.6 Å². The van der Waals surface area contributed by atoms with Crippen LogP contribution in [0.5, 0.6) is 0 Å². The first kappa shape index (κ1) is 35.0. The van der Waals surface area contributed by atoms with Gasteiger partial charge in [-0.15, -0.1) is 0 Å². The second-order valence-electron chi connectivity index (χ2n) is 15.5. The first-order valence-corrected chi connectivity index (χ1v) is 20.6. The van der Waals surface area contributed by atoms with Gasteiger partial charge in [0.25, 0.3) is 0 Å². The zero-order chi connectivity index (χ0) is 39.3. The fourth-order valence-corrected chi connectivity index (χ4v) is 9.24. The summed E-state index contributed by atoms with van der Waals surface area (Å²) in [6, 6.07) is 79.0. The largest absolute Gasteiger partial charge is 0.309 e. The maximum atomic E-state index is 6.92. The summed E-state index contributed by atoms with van der Waals surface area (Å²) >= 11 is 6.92. The third-order valence-corrected chi connectivity index (χ3v) is 12.0. The Balaban J connectivity index is 0.938. The van der Waals surface area contributed by atoms with E-state index in [2.05, 4.69) is 223 Å². The summed E-state index contributed by atoms with van der Waals surface area (Å²) in [6.07, 6.45) is 0.907. The van der Waals surface area contributed by atoms with Crippen molar-refractivity contribution in [2.45, 2.75) is 6.42 Å². The lowest BCUT2D eigenvalue weighted by molar-refractivity contribution is 1.18. The van der Waals surface area contributed by atoms with E-state index >= 15 is 0 Å². The molecule has 0 bridgehead atoms. The van der Waals surface area contributed by atoms with Gasteiger partial charge in [0.2, 0.25) is 0 Å². The number of hydrogen-bond donors (Lipinski definition) is 0. The molecule has 0 aliphatic carbocycles. The smallest absolute Gasteiger partial charge is 0.0541 e. The van der Waals surface area contributed by atoms with Gasteiger partial charge in [-0.25, -0.2) is 0 Å². The number of aromatic nitrogens is 1. The molecule has 1 nitrogen and oxygen atoms in total. The molecule has 11 rings (SSSR count). The quantitative estimate of drug-likeness (QED) is 0.142. The van der Waals surface area contributed by atoms with Gasteiger partial charge in [-0.2, -0.15) is 0 Å². The molecule has 0 aliphatic rings. The van der Waals surface area contributed by atoms with Crippen molar-refractivity contribution in [3.63, 3.8) is 0 Å². The molecule has 0 saturated heterocycles. The maximum Gasteiger partial charge on any atom is 0.0541 e. The average Bonchev–Trinajstić information content (AvgIpc) is 3.63. The van der Waals surface area contributed by atoms with Gasteiger partial charge in [0.15, 0.2) is 0 Å². The summed E-state index contributed by atoms with van der Waals surface area (Å²) in [7, 11) is 0. The van der Waals surface area contributed by atoms with Gasteiger partial charge >= 0.3 is 0 Å². The Morgan fingerprint density at radius 2 is 0.831 bits per heavy atom. The first-order chi connectivity index (χ1) is 29.1. The summed E-state index contributed by atoms with van der Waals surface area (Å²) in [5.74, 6) is 0. The molecule has 0 fully saturated rings. The molecular formula is C57H38ClN. The molecule has 278 valence electrons. The Kier molecular flexibility index (Phi) is 8.68. The van der Waals surface area contributed by atoms with E-state index in [0.29, 0.717) is 5.02 Å². The summed E-state index contributed by atoms with van der Waals surface area (Å²) < 4.78 is 2.36. The lowest BCUT2D eigenvalue weighted by atomic mass is 9.91. The van der Waals surface area contributed by atoms with Gasteiger partial charge in [0.1, 0.15) is 0 Å². The van der Waals surface area contributed by atoms with Gasteiger partial charge in [0.05, 0.1) is 11.0 Å². The van der Waals surface area contributed by atoms with Crippen molar-refractivity contribution in [3.8, 4) is 50.2 Å². The lowest BCUT2D eigenvalue weighted by Gasteiger charge is -2.13. The van der Waals surface area contributed by atoms with Crippen molar-refractivity contribution < 1.29 is 0 Å². The highest BCUT2D eigenvalue weighted by Crippen LogP contribution is 2.39. The van der Waals surface area contributed by atoms with E-state index in [1.807, 2.05) is 0 Å². The topological polar surface area (TPSA) is 4.93 Å². The fraction of sp³-hybridized carbons (Fsp3) is 0.0175. The van der Waals surface area contributed by atoms with Crippen LogP contribution in [0.15, 0.2) is 218 Å². The second kappa shape index (κ2) is 14.6. The van der Waals surface area contributed by atoms with Gasteiger partial charge in [-0.3, -0.25) is 0 Å². The Morgan fingerprint density at radius 3 is 1.53 bits per heavy atom. The van der Waals surface area contributed by atoms with Crippen LogP contribution < -0.4 is 0 Å². The minimum Gasteiger partial charge on any atom is -0.309 e. The molecule has 0 radical (unpaired) electrons. The number of nitrogens with zero attached hydrogens (tertiary/aromatic N) is 1. The summed E-state index contributed by atoms with van der Waals surface area (Å²) in [4.78, 5) is 0. The standard InChI is InChI=1S/C57H38ClN/c58-49-34-46(41-17-11-15-39(30-41)43-25-26-45-32-48(29-38-13-3-1-4-14-38)51-21-7-8-22-52(51)54(45)36-43)33-47(35-49)42-18-12-16-40(31-42)44-27-28-57-55(37-44)53-23-9-10-24-56(53)59(57)50-19-5-2-6-20-50/h1-28,30-37H,29H2. The molecule has 11 aromatic rings. The fourth-order valence-electron chi connectivity index (χ4n) is 9.01. The predicted molar refractivity (Wildman–Crippen MR) is 252 cm³/mol. The van der Waals surface area contributed by atoms with E-state index in [1.165, 1.54) is 76.7 Å². The van der Waals surface area contributed by atoms with Gasteiger partial charge in [0, 0.05) is 21.5 Å². The Hall–Kier alpha value is -7.19. The zero-order valence-corrected chi connectivity index (χ0v) is 33.1. The van der Waals surface area contributed by atoms with Gasteiger partial charge in [-0.1, -0.05) is 163 Å². The van der Waals surface area contributed by atoms with Crippen molar-refractivity contribution >= 4 is 55.0 Å². The van der Waals surface area contributed by atoms with Crippen LogP contribution in [0.2, 0.25) is 5.02 Å². The van der Waals surface area contributed by atoms with Crippen LogP contribution in [-0.4, -0.2) is 4.57 Å². The molecule has 0 unspecified atom stereocenters. The first-order valence-electron chi connectivity index (χ1n) is 20.2. The van der Waals surface area contributed by atoms with Crippen molar-refractivity contribution in [3.05, 3.63) is 235 Å². The van der Waals surface area contributed by atoms with Crippen LogP contribution in [0.3, 0.4) is 0 Å². The molecule has 1 heterocycles. The Labute approximate surface area is 349 Å². The van der Waals surface area contributed by atoms with Crippen molar-refractivity contribution in [2.75, 3.05) is 0 Å². The van der Waals surface area contributed by atoms with E-state index < -0.39 is 0 Å². The maximum absolute atomic E-state index is 6.92. The third-order valence-electron chi connectivity index (χ3n) is 11.8. The number of hydrogen-bond acceptors (Lipinski definition) is 0. The van der Waals surface area contributed by atoms with Crippen LogP contribution in [0.4, 0.5) is 0 Å². The van der Waals surface area contributed by atoms with Gasteiger partial charge < -0.3 is 4.57 Å². The van der Waals surface area contributed by atoms with Crippen LogP contribution in [-0.2, 0) is 6.42 Å². The molecule has 2 heteroatoms. The Bertz CT molecular complexity index is 3360.